The minimum atomic E-state index is -3.70. The second-order valence-electron chi connectivity index (χ2n) is 4.57. The lowest BCUT2D eigenvalue weighted by Crippen LogP contribution is -2.13. The average molecular weight is 335 g/mol. The van der Waals surface area contributed by atoms with Gasteiger partial charge in [-0.3, -0.25) is 0 Å². The highest BCUT2D eigenvalue weighted by Gasteiger charge is 2.25. The summed E-state index contributed by atoms with van der Waals surface area (Å²) in [7, 11) is -3.70. The van der Waals surface area contributed by atoms with Crippen molar-refractivity contribution in [2.75, 3.05) is 0 Å². The van der Waals surface area contributed by atoms with E-state index in [1.807, 2.05) is 6.07 Å². The molecule has 0 aliphatic rings. The zero-order chi connectivity index (χ0) is 15.6. The summed E-state index contributed by atoms with van der Waals surface area (Å²) in [4.78, 5) is 0. The van der Waals surface area contributed by atoms with Crippen LogP contribution in [-0.2, 0) is 15.6 Å². The van der Waals surface area contributed by atoms with Crippen molar-refractivity contribution in [1.82, 2.24) is 20.2 Å². The number of para-hydroxylation sites is 1. The lowest BCUT2D eigenvalue weighted by Gasteiger charge is -2.07. The third-order valence-electron chi connectivity index (χ3n) is 3.00. The van der Waals surface area contributed by atoms with Crippen LogP contribution < -0.4 is 0 Å². The van der Waals surface area contributed by atoms with Crippen LogP contribution in [0, 0.1) is 0 Å². The molecule has 3 rings (SSSR count). The molecule has 0 aliphatic carbocycles. The van der Waals surface area contributed by atoms with E-state index in [0.717, 1.165) is 4.68 Å². The maximum Gasteiger partial charge on any atom is 0.272 e. The summed E-state index contributed by atoms with van der Waals surface area (Å²) in [5.41, 5.74) is 1.08. The van der Waals surface area contributed by atoms with Crippen LogP contribution in [0.2, 0.25) is 5.02 Å². The fourth-order valence-electron chi connectivity index (χ4n) is 2.01. The molecule has 0 fully saturated rings. The number of hydrogen-bond donors (Lipinski definition) is 0. The van der Waals surface area contributed by atoms with Crippen molar-refractivity contribution in [1.29, 1.82) is 0 Å². The Hall–Kier alpha value is -2.25. The minimum Gasteiger partial charge on any atom is -0.220 e. The quantitative estimate of drug-likeness (QED) is 0.731. The molecule has 3 aromatic rings. The first-order valence-electron chi connectivity index (χ1n) is 6.38. The van der Waals surface area contributed by atoms with Crippen molar-refractivity contribution in [3.05, 3.63) is 65.2 Å². The molecule has 0 atom stereocenters. The summed E-state index contributed by atoms with van der Waals surface area (Å²) >= 11 is 6.09. The van der Waals surface area contributed by atoms with Gasteiger partial charge in [-0.1, -0.05) is 59.2 Å². The first kappa shape index (κ1) is 14.7. The predicted molar refractivity (Wildman–Crippen MR) is 81.5 cm³/mol. The lowest BCUT2D eigenvalue weighted by atomic mass is 10.2. The SMILES string of the molecule is O=S(=O)(Cc1ccccc1)c1nnnn1-c1ccccc1Cl. The first-order chi connectivity index (χ1) is 10.6. The second-order valence-corrected chi connectivity index (χ2v) is 6.86. The van der Waals surface area contributed by atoms with Crippen molar-refractivity contribution in [2.24, 2.45) is 0 Å². The summed E-state index contributed by atoms with van der Waals surface area (Å²) < 4.78 is 26.3. The number of tetrazole rings is 1. The highest BCUT2D eigenvalue weighted by molar-refractivity contribution is 7.90. The molecule has 0 spiro atoms. The maximum atomic E-state index is 12.6. The molecule has 0 radical (unpaired) electrons. The number of benzene rings is 2. The third-order valence-corrected chi connectivity index (χ3v) is 4.84. The van der Waals surface area contributed by atoms with Gasteiger partial charge in [0.05, 0.1) is 16.5 Å². The predicted octanol–water partition coefficient (Wildman–Crippen LogP) is 2.29. The van der Waals surface area contributed by atoms with Crippen molar-refractivity contribution in [2.45, 2.75) is 10.9 Å². The van der Waals surface area contributed by atoms with Crippen LogP contribution in [0.3, 0.4) is 0 Å². The Balaban J connectivity index is 2.03. The molecule has 0 bridgehead atoms. The van der Waals surface area contributed by atoms with Crippen LogP contribution in [0.4, 0.5) is 0 Å². The van der Waals surface area contributed by atoms with Crippen molar-refractivity contribution in [3.63, 3.8) is 0 Å². The Bertz CT molecular complexity index is 894. The van der Waals surface area contributed by atoms with Gasteiger partial charge in [-0.05, 0) is 28.1 Å². The van der Waals surface area contributed by atoms with Gasteiger partial charge in [0, 0.05) is 0 Å². The molecule has 112 valence electrons. The number of sulfone groups is 1. The minimum absolute atomic E-state index is 0.182. The van der Waals surface area contributed by atoms with Gasteiger partial charge < -0.3 is 0 Å². The van der Waals surface area contributed by atoms with Crippen molar-refractivity contribution >= 4 is 21.4 Å². The van der Waals surface area contributed by atoms with E-state index in [9.17, 15) is 8.42 Å². The second kappa shape index (κ2) is 5.86. The summed E-state index contributed by atoms with van der Waals surface area (Å²) in [6, 6.07) is 15.6. The van der Waals surface area contributed by atoms with E-state index in [1.54, 1.807) is 48.5 Å². The maximum absolute atomic E-state index is 12.6. The summed E-state index contributed by atoms with van der Waals surface area (Å²) in [6.07, 6.45) is 0. The van der Waals surface area contributed by atoms with Crippen LogP contribution in [0.25, 0.3) is 5.69 Å². The molecule has 6 nitrogen and oxygen atoms in total. The summed E-state index contributed by atoms with van der Waals surface area (Å²) in [5, 5.41) is 11.0. The van der Waals surface area contributed by atoms with Crippen LogP contribution in [-0.4, -0.2) is 28.6 Å². The number of hydrogen-bond acceptors (Lipinski definition) is 5. The molecule has 22 heavy (non-hydrogen) atoms. The smallest absolute Gasteiger partial charge is 0.220 e. The van der Waals surface area contributed by atoms with Gasteiger partial charge in [-0.2, -0.15) is 4.68 Å². The zero-order valence-electron chi connectivity index (χ0n) is 11.3. The lowest BCUT2D eigenvalue weighted by molar-refractivity contribution is 0.579. The molecular formula is C14H11ClN4O2S. The Morgan fingerprint density at radius 2 is 1.68 bits per heavy atom. The summed E-state index contributed by atoms with van der Waals surface area (Å²) in [6.45, 7) is 0. The Morgan fingerprint density at radius 3 is 2.41 bits per heavy atom. The number of aromatic nitrogens is 4. The van der Waals surface area contributed by atoms with Gasteiger partial charge in [0.2, 0.25) is 9.84 Å². The normalized spacial score (nSPS) is 11.5. The third kappa shape index (κ3) is 2.86. The zero-order valence-corrected chi connectivity index (χ0v) is 12.9. The highest BCUT2D eigenvalue weighted by Crippen LogP contribution is 2.22. The summed E-state index contributed by atoms with van der Waals surface area (Å²) in [5.74, 6) is -0.182. The topological polar surface area (TPSA) is 77.7 Å². The molecule has 0 saturated carbocycles. The van der Waals surface area contributed by atoms with Gasteiger partial charge in [0.15, 0.2) is 0 Å². The molecular weight excluding hydrogens is 324 g/mol. The van der Waals surface area contributed by atoms with Gasteiger partial charge in [-0.15, -0.1) is 0 Å². The molecule has 0 N–H and O–H groups in total. The Labute approximate surface area is 132 Å². The molecule has 2 aromatic carbocycles. The van der Waals surface area contributed by atoms with E-state index in [4.69, 9.17) is 11.6 Å². The fourth-order valence-corrected chi connectivity index (χ4v) is 3.54. The standard InChI is InChI=1S/C14H11ClN4O2S/c15-12-8-4-5-9-13(12)19-14(16-17-18-19)22(20,21)10-11-6-2-1-3-7-11/h1-9H,10H2. The van der Waals surface area contributed by atoms with E-state index in [2.05, 4.69) is 15.5 Å². The van der Waals surface area contributed by atoms with E-state index in [-0.39, 0.29) is 10.9 Å². The van der Waals surface area contributed by atoms with E-state index in [0.29, 0.717) is 16.3 Å². The number of rotatable bonds is 4. The van der Waals surface area contributed by atoms with Gasteiger partial charge in [0.1, 0.15) is 0 Å². The van der Waals surface area contributed by atoms with Crippen LogP contribution in [0.5, 0.6) is 0 Å². The van der Waals surface area contributed by atoms with E-state index in [1.165, 1.54) is 0 Å². The first-order valence-corrected chi connectivity index (χ1v) is 8.41. The molecule has 1 aromatic heterocycles. The molecule has 0 unspecified atom stereocenters. The van der Waals surface area contributed by atoms with Crippen LogP contribution in [0.15, 0.2) is 59.8 Å². The van der Waals surface area contributed by atoms with Gasteiger partial charge in [0.25, 0.3) is 5.16 Å². The molecule has 1 heterocycles. The average Bonchev–Trinajstić information content (AvgIpc) is 2.98. The number of nitrogens with zero attached hydrogens (tertiary/aromatic N) is 4. The van der Waals surface area contributed by atoms with E-state index < -0.39 is 9.84 Å². The van der Waals surface area contributed by atoms with Gasteiger partial charge in [-0.25, -0.2) is 8.42 Å². The molecule has 8 heteroatoms. The highest BCUT2D eigenvalue weighted by atomic mass is 35.5. The van der Waals surface area contributed by atoms with Crippen LogP contribution >= 0.6 is 11.6 Å². The van der Waals surface area contributed by atoms with Gasteiger partial charge >= 0.3 is 0 Å². The van der Waals surface area contributed by atoms with Crippen molar-refractivity contribution in [3.8, 4) is 5.69 Å². The molecule has 0 amide bonds. The van der Waals surface area contributed by atoms with E-state index >= 15 is 0 Å². The molecule has 0 saturated heterocycles. The van der Waals surface area contributed by atoms with Crippen molar-refractivity contribution < 1.29 is 8.42 Å². The number of halogens is 1. The fraction of sp³-hybridized carbons (Fsp3) is 0.0714. The molecule has 0 aliphatic heterocycles. The largest absolute Gasteiger partial charge is 0.272 e. The Morgan fingerprint density at radius 1 is 1.00 bits per heavy atom. The van der Waals surface area contributed by atoms with Crippen LogP contribution in [0.1, 0.15) is 5.56 Å². The Kier molecular flexibility index (Phi) is 3.91. The monoisotopic (exact) mass is 334 g/mol.